The van der Waals surface area contributed by atoms with E-state index < -0.39 is 42.9 Å². The lowest BCUT2D eigenvalue weighted by Crippen LogP contribution is -2.59. The summed E-state index contributed by atoms with van der Waals surface area (Å²) in [5.74, 6) is 0.665. The number of oxazole rings is 2. The van der Waals surface area contributed by atoms with E-state index in [0.29, 0.717) is 85.7 Å². The Morgan fingerprint density at radius 3 is 2.14 bits per heavy atom. The first-order valence-electron chi connectivity index (χ1n) is 37.4. The standard InChI is InChI=1S/C80H127BrN2O14Si3/c1-23-99(24-2,25-3)97-80(48-69(87-20)47-73(94-80)74(96-98(21,22)79(15,16)17)42-56(10)31-34-63(85-18)28-27-38-81)49-76-82-62(51-88-76)43-58(12)77-60(14)78(90-50-61-32-35-64(86-19)36-33-61)59(13)71(93-77)29-26-30-75-83-70(52-89-75)72-46-68(95-100(53(4)5,54(6)7)55(8)9)45-67(92-72)44-66-41-57(11)40-65(91-66)37-39-84/h26-27,30-36,38-39,42-43,51-55,59-60,63,65-69,71-74,77-78H,11,23-25,28-29,37,40-41,44-50H2,1-10,12-22H3/b30-26+,34-31+,38-27+,56-42+,58-43+/t59-,60-,63+,65-,66+,67+,68+,69+,71+,72+,73+,74+,77-,78-,80+/m0/s1. The van der Waals surface area contributed by atoms with Gasteiger partial charge >= 0.3 is 0 Å². The van der Waals surface area contributed by atoms with Gasteiger partial charge in [0, 0.05) is 58.2 Å². The third kappa shape index (κ3) is 22.2. The Morgan fingerprint density at radius 2 is 1.52 bits per heavy atom. The highest BCUT2D eigenvalue weighted by Gasteiger charge is 2.53. The summed E-state index contributed by atoms with van der Waals surface area (Å²) in [4.78, 5) is 23.8. The van der Waals surface area contributed by atoms with Crippen LogP contribution in [0.15, 0.2) is 104 Å². The smallest absolute Gasteiger partial charge is 0.218 e. The van der Waals surface area contributed by atoms with Crippen LogP contribution in [0.25, 0.3) is 12.2 Å². The van der Waals surface area contributed by atoms with Gasteiger partial charge in [0.15, 0.2) is 28.3 Å². The Morgan fingerprint density at radius 1 is 0.830 bits per heavy atom. The van der Waals surface area contributed by atoms with Crippen LogP contribution in [-0.2, 0) is 64.3 Å². The molecule has 1 aromatic carbocycles. The van der Waals surface area contributed by atoms with Crippen LogP contribution >= 0.6 is 15.9 Å². The molecule has 16 nitrogen and oxygen atoms in total. The summed E-state index contributed by atoms with van der Waals surface area (Å²) in [6.07, 6.45) is 23.1. The molecule has 6 heterocycles. The van der Waals surface area contributed by atoms with Crippen molar-refractivity contribution >= 4 is 59.3 Å². The van der Waals surface area contributed by atoms with E-state index in [-0.39, 0.29) is 84.3 Å². The third-order valence-corrected chi connectivity index (χ3v) is 38.2. The molecule has 7 rings (SSSR count). The van der Waals surface area contributed by atoms with Gasteiger partial charge in [-0.05, 0) is 139 Å². The van der Waals surface area contributed by atoms with Crippen molar-refractivity contribution in [1.82, 2.24) is 9.97 Å². The maximum atomic E-state index is 11.6. The highest BCUT2D eigenvalue weighted by atomic mass is 79.9. The van der Waals surface area contributed by atoms with E-state index in [9.17, 15) is 4.79 Å². The predicted octanol–water partition coefficient (Wildman–Crippen LogP) is 20.3. The summed E-state index contributed by atoms with van der Waals surface area (Å²) in [6.45, 7) is 45.7. The van der Waals surface area contributed by atoms with Crippen LogP contribution in [0.5, 0.6) is 5.75 Å². The van der Waals surface area contributed by atoms with Gasteiger partial charge in [-0.2, -0.15) is 0 Å². The minimum Gasteiger partial charge on any atom is -0.497 e. The normalized spacial score (nSPS) is 28.0. The van der Waals surface area contributed by atoms with Gasteiger partial charge in [0.25, 0.3) is 0 Å². The number of carbonyl (C=O) groups is 1. The molecular weight excluding hydrogens is 1380 g/mol. The monoisotopic (exact) mass is 1500 g/mol. The molecule has 3 aromatic rings. The zero-order valence-corrected chi connectivity index (χ0v) is 69.4. The number of nitrogens with zero attached hydrogens (tertiary/aromatic N) is 2. The molecule has 4 aliphatic heterocycles. The van der Waals surface area contributed by atoms with Crippen LogP contribution < -0.4 is 4.74 Å². The lowest BCUT2D eigenvalue weighted by atomic mass is 9.79. The molecule has 0 bridgehead atoms. The Hall–Kier alpha value is -3.72. The van der Waals surface area contributed by atoms with Crippen molar-refractivity contribution < 1.29 is 64.8 Å². The fraction of sp³-hybridized carbons (Fsp3) is 0.688. The number of halogens is 1. The fourth-order valence-corrected chi connectivity index (χ4v) is 25.8. The van der Waals surface area contributed by atoms with Crippen molar-refractivity contribution in [2.45, 2.75) is 320 Å². The number of hydrogen-bond acceptors (Lipinski definition) is 16. The van der Waals surface area contributed by atoms with Crippen LogP contribution in [0.4, 0.5) is 0 Å². The average molecular weight is 1510 g/mol. The zero-order valence-electron chi connectivity index (χ0n) is 64.8. The lowest BCUT2D eigenvalue weighted by molar-refractivity contribution is -0.276. The molecule has 4 saturated heterocycles. The van der Waals surface area contributed by atoms with Gasteiger partial charge < -0.3 is 64.8 Å². The number of aromatic nitrogens is 2. The van der Waals surface area contributed by atoms with E-state index in [0.717, 1.165) is 77.4 Å². The van der Waals surface area contributed by atoms with Crippen molar-refractivity contribution in [2.24, 2.45) is 11.8 Å². The van der Waals surface area contributed by atoms with E-state index in [2.05, 4.69) is 189 Å². The minimum atomic E-state index is -2.37. The molecule has 560 valence electrons. The van der Waals surface area contributed by atoms with Gasteiger partial charge in [-0.15, -0.1) is 0 Å². The van der Waals surface area contributed by atoms with Crippen molar-refractivity contribution in [2.75, 3.05) is 21.3 Å². The Balaban J connectivity index is 1.17. The van der Waals surface area contributed by atoms with Crippen LogP contribution in [0.1, 0.15) is 210 Å². The maximum absolute atomic E-state index is 11.6. The summed E-state index contributed by atoms with van der Waals surface area (Å²) >= 11 is 3.41. The molecule has 15 atom stereocenters. The average Bonchev–Trinajstić information content (AvgIpc) is 1.05. The molecule has 0 aliphatic carbocycles. The SMILES string of the molecule is C=C1C[C@H](C[C@@H]2C[C@@H](O[Si](C(C)C)(C(C)C)C(C)C)C[C@H](c3coc(/C=C/C[C@H]4O[C@@H](/C(C)=C/c5coc(C[C@]6(O[Si](CC)(CC)CC)C[C@H](OC)C[C@H]([C@@H](/C=C(C)/C=C/[C@@H](C/C=C/Br)OC)O[Si](C)(C)C(C)(C)C)O6)n5)[C@H](C)[C@@H](OCc5ccc(OC)cc5)[C@H]4C)n3)O2)O[C@@H](CC=O)C1. The van der Waals surface area contributed by atoms with Gasteiger partial charge in [-0.1, -0.05) is 173 Å². The molecule has 20 heteroatoms. The number of ether oxygens (including phenoxy) is 8. The van der Waals surface area contributed by atoms with Crippen LogP contribution in [0, 0.1) is 11.8 Å². The summed E-state index contributed by atoms with van der Waals surface area (Å²) in [6, 6.07) is 10.8. The first-order valence-corrected chi connectivity index (χ1v) is 45.9. The number of carbonyl (C=O) groups excluding carboxylic acids is 1. The third-order valence-electron chi connectivity index (χ3n) is 22.5. The van der Waals surface area contributed by atoms with Crippen molar-refractivity contribution in [3.63, 3.8) is 0 Å². The topological polar surface area (TPSA) is 171 Å². The number of aldehydes is 1. The summed E-state index contributed by atoms with van der Waals surface area (Å²) in [5, 5.41) is -0.0639. The number of allylic oxidation sites excluding steroid dienone is 2. The molecule has 4 fully saturated rings. The van der Waals surface area contributed by atoms with Crippen molar-refractivity contribution in [1.29, 1.82) is 0 Å². The molecule has 0 radical (unpaired) electrons. The van der Waals surface area contributed by atoms with Crippen LogP contribution in [-0.4, -0.2) is 135 Å². The molecule has 0 unspecified atom stereocenters. The van der Waals surface area contributed by atoms with Crippen LogP contribution in [0.3, 0.4) is 0 Å². The first kappa shape index (κ1) is 83.6. The first-order chi connectivity index (χ1) is 47.4. The van der Waals surface area contributed by atoms with E-state index in [1.807, 2.05) is 29.3 Å². The number of methoxy groups -OCH3 is 3. The highest BCUT2D eigenvalue weighted by Crippen LogP contribution is 2.48. The second-order valence-electron chi connectivity index (χ2n) is 31.6. The molecule has 4 aliphatic rings. The predicted molar refractivity (Wildman–Crippen MR) is 412 cm³/mol. The van der Waals surface area contributed by atoms with Crippen molar-refractivity contribution in [3.8, 4) is 5.75 Å². The lowest BCUT2D eigenvalue weighted by Gasteiger charge is -2.50. The maximum Gasteiger partial charge on any atom is 0.218 e. The van der Waals surface area contributed by atoms with E-state index in [4.69, 9.17) is 70.0 Å². The van der Waals surface area contributed by atoms with Crippen molar-refractivity contribution in [3.05, 3.63) is 124 Å². The van der Waals surface area contributed by atoms with E-state index >= 15 is 0 Å². The summed E-state index contributed by atoms with van der Waals surface area (Å²) in [7, 11) is -1.79. The highest BCUT2D eigenvalue weighted by molar-refractivity contribution is 9.11. The minimum absolute atomic E-state index is 0.0105. The molecule has 100 heavy (non-hydrogen) atoms. The molecule has 0 saturated carbocycles. The van der Waals surface area contributed by atoms with Gasteiger partial charge in [-0.3, -0.25) is 0 Å². The van der Waals surface area contributed by atoms with Gasteiger partial charge in [-0.25, -0.2) is 9.97 Å². The number of rotatable bonds is 36. The summed E-state index contributed by atoms with van der Waals surface area (Å²) in [5.41, 5.74) is 6.92. The second-order valence-corrected chi connectivity index (χ2v) is 46.9. The van der Waals surface area contributed by atoms with Crippen LogP contribution in [0.2, 0.25) is 52.9 Å². The number of benzene rings is 1. The molecular formula is C80H127BrN2O14Si3. The van der Waals surface area contributed by atoms with Gasteiger partial charge in [0.05, 0.1) is 87.3 Å². The molecule has 0 spiro atoms. The van der Waals surface area contributed by atoms with E-state index in [1.54, 1.807) is 33.9 Å². The summed E-state index contributed by atoms with van der Waals surface area (Å²) < 4.78 is 88.4. The Labute approximate surface area is 613 Å². The molecule has 0 amide bonds. The largest absolute Gasteiger partial charge is 0.497 e. The molecule has 2 aromatic heterocycles. The van der Waals surface area contributed by atoms with Gasteiger partial charge in [0.1, 0.15) is 42.1 Å². The Bertz CT molecular complexity index is 3130. The van der Waals surface area contributed by atoms with Gasteiger partial charge in [0.2, 0.25) is 14.2 Å². The molecule has 0 N–H and O–H groups in total. The zero-order chi connectivity index (χ0) is 73.3. The van der Waals surface area contributed by atoms with E-state index in [1.165, 1.54) is 0 Å². The second kappa shape index (κ2) is 38.0. The quantitative estimate of drug-likeness (QED) is 0.0233. The number of hydrogen-bond donors (Lipinski definition) is 0. The Kier molecular flexibility index (Phi) is 31.8. The fourth-order valence-electron chi connectivity index (χ4n) is 15.8.